The molecule has 1 fully saturated rings. The van der Waals surface area contributed by atoms with Crippen molar-refractivity contribution in [1.82, 2.24) is 10.2 Å². The van der Waals surface area contributed by atoms with Crippen molar-refractivity contribution in [2.24, 2.45) is 5.41 Å². The summed E-state index contributed by atoms with van der Waals surface area (Å²) in [7, 11) is 1.74. The summed E-state index contributed by atoms with van der Waals surface area (Å²) in [5.41, 5.74) is -0.606. The molecule has 1 rings (SSSR count). The molecule has 0 aromatic heterocycles. The molecule has 0 bridgehead atoms. The van der Waals surface area contributed by atoms with E-state index in [0.717, 1.165) is 6.42 Å². The van der Waals surface area contributed by atoms with Crippen molar-refractivity contribution in [2.75, 3.05) is 26.7 Å². The third kappa shape index (κ3) is 3.19. The molecular formula is C12H22N2O3. The second-order valence-electron chi connectivity index (χ2n) is 4.75. The van der Waals surface area contributed by atoms with Crippen LogP contribution in [0.3, 0.4) is 0 Å². The fourth-order valence-electron chi connectivity index (χ4n) is 2.50. The van der Waals surface area contributed by atoms with Gasteiger partial charge in [-0.25, -0.2) is 0 Å². The molecule has 0 aliphatic carbocycles. The lowest BCUT2D eigenvalue weighted by molar-refractivity contribution is -0.154. The fraction of sp³-hybridized carbons (Fsp3) is 0.833. The van der Waals surface area contributed by atoms with E-state index in [0.29, 0.717) is 38.9 Å². The van der Waals surface area contributed by atoms with E-state index < -0.39 is 11.4 Å². The summed E-state index contributed by atoms with van der Waals surface area (Å²) in [6, 6.07) is 0. The molecule has 1 amide bonds. The van der Waals surface area contributed by atoms with Crippen LogP contribution in [0.5, 0.6) is 0 Å². The van der Waals surface area contributed by atoms with Crippen molar-refractivity contribution in [3.05, 3.63) is 0 Å². The van der Waals surface area contributed by atoms with Crippen molar-refractivity contribution < 1.29 is 14.7 Å². The first-order valence-corrected chi connectivity index (χ1v) is 6.21. The highest BCUT2D eigenvalue weighted by atomic mass is 16.4. The van der Waals surface area contributed by atoms with Gasteiger partial charge in [0.2, 0.25) is 5.91 Å². The predicted molar refractivity (Wildman–Crippen MR) is 64.7 cm³/mol. The molecular weight excluding hydrogens is 220 g/mol. The number of hydrogen-bond acceptors (Lipinski definition) is 3. The Kier molecular flexibility index (Phi) is 4.93. The van der Waals surface area contributed by atoms with E-state index in [2.05, 4.69) is 5.32 Å². The number of rotatable bonds is 5. The minimum Gasteiger partial charge on any atom is -0.481 e. The number of nitrogens with one attached hydrogen (secondary N) is 1. The fourth-order valence-corrected chi connectivity index (χ4v) is 2.50. The lowest BCUT2D eigenvalue weighted by Gasteiger charge is -2.38. The quantitative estimate of drug-likeness (QED) is 0.744. The number of carboxylic acids is 1. The first-order valence-electron chi connectivity index (χ1n) is 6.21. The Morgan fingerprint density at radius 2 is 1.94 bits per heavy atom. The van der Waals surface area contributed by atoms with E-state index in [1.807, 2.05) is 6.92 Å². The average Bonchev–Trinajstić information content (AvgIpc) is 2.30. The third-order valence-electron chi connectivity index (χ3n) is 3.58. The van der Waals surface area contributed by atoms with Gasteiger partial charge in [0.15, 0.2) is 0 Å². The van der Waals surface area contributed by atoms with E-state index in [4.69, 9.17) is 0 Å². The number of carbonyl (C=O) groups is 2. The first-order chi connectivity index (χ1) is 8.05. The van der Waals surface area contributed by atoms with Crippen molar-refractivity contribution in [1.29, 1.82) is 0 Å². The van der Waals surface area contributed by atoms with Gasteiger partial charge in [-0.3, -0.25) is 9.59 Å². The van der Waals surface area contributed by atoms with Gasteiger partial charge in [-0.1, -0.05) is 13.3 Å². The lowest BCUT2D eigenvalue weighted by Crippen LogP contribution is -2.48. The van der Waals surface area contributed by atoms with Crippen LogP contribution in [-0.4, -0.2) is 48.6 Å². The van der Waals surface area contributed by atoms with Crippen LogP contribution in [0.25, 0.3) is 0 Å². The van der Waals surface area contributed by atoms with E-state index in [9.17, 15) is 14.7 Å². The summed E-state index contributed by atoms with van der Waals surface area (Å²) in [5.74, 6) is -0.650. The topological polar surface area (TPSA) is 69.6 Å². The zero-order chi connectivity index (χ0) is 12.9. The minimum absolute atomic E-state index is 0.0583. The number of aliphatic carboxylic acids is 1. The van der Waals surface area contributed by atoms with Gasteiger partial charge in [-0.05, 0) is 26.3 Å². The molecule has 1 aliphatic heterocycles. The summed E-state index contributed by atoms with van der Waals surface area (Å²) in [6.45, 7) is 3.46. The Morgan fingerprint density at radius 3 is 2.35 bits per heavy atom. The lowest BCUT2D eigenvalue weighted by atomic mass is 9.75. The molecule has 0 aromatic rings. The van der Waals surface area contributed by atoms with Gasteiger partial charge in [-0.2, -0.15) is 0 Å². The van der Waals surface area contributed by atoms with Gasteiger partial charge in [-0.15, -0.1) is 0 Å². The molecule has 1 saturated heterocycles. The number of nitrogens with zero attached hydrogens (tertiary/aromatic N) is 1. The maximum atomic E-state index is 11.7. The number of carbonyl (C=O) groups excluding carboxylic acids is 1. The van der Waals surface area contributed by atoms with Crippen molar-refractivity contribution in [2.45, 2.75) is 32.6 Å². The molecule has 0 radical (unpaired) electrons. The molecule has 2 N–H and O–H groups in total. The SMILES string of the molecule is CCCC1(C(=O)O)CCN(C(=O)CNC)CC1. The Morgan fingerprint density at radius 1 is 1.35 bits per heavy atom. The zero-order valence-corrected chi connectivity index (χ0v) is 10.7. The largest absolute Gasteiger partial charge is 0.481 e. The van der Waals surface area contributed by atoms with Crippen LogP contribution in [0.15, 0.2) is 0 Å². The van der Waals surface area contributed by atoms with Crippen LogP contribution in [0.4, 0.5) is 0 Å². The maximum Gasteiger partial charge on any atom is 0.309 e. The molecule has 1 heterocycles. The minimum atomic E-state index is -0.708. The summed E-state index contributed by atoms with van der Waals surface area (Å²) < 4.78 is 0. The monoisotopic (exact) mass is 242 g/mol. The number of likely N-dealkylation sites (N-methyl/N-ethyl adjacent to an activating group) is 1. The maximum absolute atomic E-state index is 11.7. The Bertz CT molecular complexity index is 283. The van der Waals surface area contributed by atoms with E-state index in [-0.39, 0.29) is 5.91 Å². The number of hydrogen-bond donors (Lipinski definition) is 2. The highest BCUT2D eigenvalue weighted by Gasteiger charge is 2.41. The molecule has 98 valence electrons. The second-order valence-corrected chi connectivity index (χ2v) is 4.75. The Hall–Kier alpha value is -1.10. The van der Waals surface area contributed by atoms with Gasteiger partial charge in [0.05, 0.1) is 12.0 Å². The smallest absolute Gasteiger partial charge is 0.309 e. The van der Waals surface area contributed by atoms with Gasteiger partial charge in [0.1, 0.15) is 0 Å². The molecule has 17 heavy (non-hydrogen) atoms. The van der Waals surface area contributed by atoms with Crippen LogP contribution in [-0.2, 0) is 9.59 Å². The molecule has 0 aromatic carbocycles. The zero-order valence-electron chi connectivity index (χ0n) is 10.7. The van der Waals surface area contributed by atoms with Gasteiger partial charge < -0.3 is 15.3 Å². The van der Waals surface area contributed by atoms with Crippen LogP contribution in [0, 0.1) is 5.41 Å². The number of likely N-dealkylation sites (tertiary alicyclic amines) is 1. The summed E-state index contributed by atoms with van der Waals surface area (Å²) in [6.07, 6.45) is 2.73. The molecule has 0 atom stereocenters. The molecule has 0 unspecified atom stereocenters. The molecule has 5 nitrogen and oxygen atoms in total. The third-order valence-corrected chi connectivity index (χ3v) is 3.58. The van der Waals surface area contributed by atoms with Crippen LogP contribution >= 0.6 is 0 Å². The summed E-state index contributed by atoms with van der Waals surface area (Å²) in [5, 5.41) is 12.2. The number of amides is 1. The van der Waals surface area contributed by atoms with Gasteiger partial charge >= 0.3 is 5.97 Å². The van der Waals surface area contributed by atoms with Crippen molar-refractivity contribution in [3.63, 3.8) is 0 Å². The first kappa shape index (κ1) is 14.0. The van der Waals surface area contributed by atoms with Gasteiger partial charge in [0.25, 0.3) is 0 Å². The average molecular weight is 242 g/mol. The van der Waals surface area contributed by atoms with Gasteiger partial charge in [0, 0.05) is 13.1 Å². The van der Waals surface area contributed by atoms with Crippen molar-refractivity contribution in [3.8, 4) is 0 Å². The molecule has 1 aliphatic rings. The summed E-state index contributed by atoms with van der Waals surface area (Å²) >= 11 is 0. The normalized spacial score (nSPS) is 19.1. The molecule has 5 heteroatoms. The van der Waals surface area contributed by atoms with Crippen LogP contribution in [0.2, 0.25) is 0 Å². The van der Waals surface area contributed by atoms with Crippen LogP contribution < -0.4 is 5.32 Å². The Labute approximate surface area is 102 Å². The van der Waals surface area contributed by atoms with Crippen molar-refractivity contribution >= 4 is 11.9 Å². The number of piperidine rings is 1. The number of carboxylic acid groups (broad SMARTS) is 1. The highest BCUT2D eigenvalue weighted by Crippen LogP contribution is 2.36. The molecule has 0 spiro atoms. The van der Waals surface area contributed by atoms with E-state index in [1.54, 1.807) is 11.9 Å². The standard InChI is InChI=1S/C12H22N2O3/c1-3-4-12(11(16)17)5-7-14(8-6-12)10(15)9-13-2/h13H,3-9H2,1-2H3,(H,16,17). The highest BCUT2D eigenvalue weighted by molar-refractivity contribution is 5.79. The van der Waals surface area contributed by atoms with Crippen LogP contribution in [0.1, 0.15) is 32.6 Å². The second kappa shape index (κ2) is 6.00. The molecule has 0 saturated carbocycles. The van der Waals surface area contributed by atoms with E-state index in [1.165, 1.54) is 0 Å². The Balaban J connectivity index is 2.58. The predicted octanol–water partition coefficient (Wildman–Crippen LogP) is 0.699. The van der Waals surface area contributed by atoms with E-state index >= 15 is 0 Å². The summed E-state index contributed by atoms with van der Waals surface area (Å²) in [4.78, 5) is 24.8.